The molecule has 0 atom stereocenters. The van der Waals surface area contributed by atoms with Crippen molar-refractivity contribution in [1.82, 2.24) is 4.98 Å². The van der Waals surface area contributed by atoms with Crippen LogP contribution in [-0.4, -0.2) is 10.8 Å². The first-order valence-corrected chi connectivity index (χ1v) is 6.54. The number of benzene rings is 1. The number of nitrogens with two attached hydrogens (primary N) is 1. The van der Waals surface area contributed by atoms with E-state index in [9.17, 15) is 0 Å². The Kier molecular flexibility index (Phi) is 4.41. The van der Waals surface area contributed by atoms with Crippen LogP contribution in [0.4, 0.5) is 0 Å². The summed E-state index contributed by atoms with van der Waals surface area (Å²) in [6.07, 6.45) is 1.64. The summed E-state index contributed by atoms with van der Waals surface area (Å²) in [5.41, 5.74) is 6.47. The predicted molar refractivity (Wildman–Crippen MR) is 74.1 cm³/mol. The Morgan fingerprint density at radius 3 is 2.94 bits per heavy atom. The smallest absolute Gasteiger partial charge is 0.183 e. The average molecular weight is 302 g/mol. The Labute approximate surface area is 118 Å². The first-order valence-electron chi connectivity index (χ1n) is 4.97. The zero-order valence-corrected chi connectivity index (χ0v) is 11.5. The van der Waals surface area contributed by atoms with Gasteiger partial charge in [0.25, 0.3) is 0 Å². The van der Waals surface area contributed by atoms with E-state index in [-0.39, 0.29) is 12.4 Å². The topological polar surface area (TPSA) is 60.5 Å². The third-order valence-electron chi connectivity index (χ3n) is 2.02. The Morgan fingerprint density at radius 1 is 1.44 bits per heavy atom. The number of halogens is 2. The summed E-state index contributed by atoms with van der Waals surface area (Å²) in [6.45, 7) is 0.283. The highest BCUT2D eigenvalue weighted by molar-refractivity contribution is 7.15. The van der Waals surface area contributed by atoms with E-state index in [4.69, 9.17) is 33.8 Å². The zero-order chi connectivity index (χ0) is 13.0. The molecule has 0 aliphatic carbocycles. The molecule has 0 fully saturated rings. The second-order valence-corrected chi connectivity index (χ2v) is 5.47. The van der Waals surface area contributed by atoms with Crippen LogP contribution >= 0.6 is 34.5 Å². The molecule has 4 nitrogen and oxygen atoms in total. The molecule has 1 aromatic heterocycles. The third-order valence-corrected chi connectivity index (χ3v) is 3.34. The summed E-state index contributed by atoms with van der Waals surface area (Å²) in [6, 6.07) is 7.08. The van der Waals surface area contributed by atoms with E-state index < -0.39 is 0 Å². The minimum absolute atomic E-state index is 0.271. The van der Waals surface area contributed by atoms with Gasteiger partial charge in [-0.3, -0.25) is 0 Å². The van der Waals surface area contributed by atoms with E-state index in [1.54, 1.807) is 30.5 Å². The number of hydrogen-bond acceptors (Lipinski definition) is 4. The number of amidine groups is 1. The molecule has 2 N–H and O–H groups in total. The Balaban J connectivity index is 1.97. The lowest BCUT2D eigenvalue weighted by molar-refractivity contribution is 0.132. The number of aromatic nitrogens is 1. The fourth-order valence-electron chi connectivity index (χ4n) is 1.22. The van der Waals surface area contributed by atoms with E-state index in [1.807, 2.05) is 0 Å². The van der Waals surface area contributed by atoms with Gasteiger partial charge in [0.15, 0.2) is 16.9 Å². The van der Waals surface area contributed by atoms with Gasteiger partial charge in [-0.05, 0) is 12.1 Å². The maximum atomic E-state index is 5.85. The van der Waals surface area contributed by atoms with E-state index >= 15 is 0 Å². The summed E-state index contributed by atoms with van der Waals surface area (Å²) >= 11 is 12.9. The molecule has 0 aliphatic heterocycles. The van der Waals surface area contributed by atoms with Gasteiger partial charge >= 0.3 is 0 Å². The van der Waals surface area contributed by atoms with Gasteiger partial charge in [0.2, 0.25) is 0 Å². The molecule has 2 aromatic rings. The molecule has 0 saturated carbocycles. The lowest BCUT2D eigenvalue weighted by atomic mass is 10.2. The number of hydrogen-bond donors (Lipinski definition) is 1. The summed E-state index contributed by atoms with van der Waals surface area (Å²) < 4.78 is 0.473. The van der Waals surface area contributed by atoms with Gasteiger partial charge in [-0.15, -0.1) is 11.3 Å². The molecule has 0 radical (unpaired) electrons. The molecule has 2 rings (SSSR count). The maximum absolute atomic E-state index is 5.85. The van der Waals surface area contributed by atoms with Gasteiger partial charge in [-0.1, -0.05) is 40.5 Å². The van der Waals surface area contributed by atoms with Gasteiger partial charge in [0, 0.05) is 16.8 Å². The van der Waals surface area contributed by atoms with Crippen LogP contribution in [0.25, 0.3) is 0 Å². The zero-order valence-electron chi connectivity index (χ0n) is 9.14. The highest BCUT2D eigenvalue weighted by atomic mass is 35.5. The fourth-order valence-corrected chi connectivity index (χ4v) is 2.29. The predicted octanol–water partition coefficient (Wildman–Crippen LogP) is 3.29. The minimum Gasteiger partial charge on any atom is -0.388 e. The van der Waals surface area contributed by atoms with Crippen molar-refractivity contribution in [1.29, 1.82) is 0 Å². The van der Waals surface area contributed by atoms with Crippen molar-refractivity contribution in [2.75, 3.05) is 0 Å². The summed E-state index contributed by atoms with van der Waals surface area (Å²) in [7, 11) is 0. The fraction of sp³-hybridized carbons (Fsp3) is 0.0909. The Hall–Kier alpha value is -1.30. The van der Waals surface area contributed by atoms with Crippen molar-refractivity contribution >= 4 is 40.4 Å². The van der Waals surface area contributed by atoms with Gasteiger partial charge in [-0.25, -0.2) is 4.98 Å². The van der Waals surface area contributed by atoms with E-state index in [2.05, 4.69) is 10.1 Å². The van der Waals surface area contributed by atoms with Crippen molar-refractivity contribution in [2.24, 2.45) is 10.9 Å². The van der Waals surface area contributed by atoms with Crippen molar-refractivity contribution in [3.8, 4) is 0 Å². The van der Waals surface area contributed by atoms with Crippen LogP contribution in [-0.2, 0) is 11.4 Å². The van der Waals surface area contributed by atoms with Crippen LogP contribution in [0, 0.1) is 0 Å². The van der Waals surface area contributed by atoms with Crippen molar-refractivity contribution in [2.45, 2.75) is 6.61 Å². The molecule has 0 amide bonds. The van der Waals surface area contributed by atoms with Gasteiger partial charge < -0.3 is 10.6 Å². The van der Waals surface area contributed by atoms with Crippen LogP contribution in [0.2, 0.25) is 9.49 Å². The standard InChI is InChI=1S/C11H9Cl2N3OS/c12-8-3-1-2-7(4-8)10(14)16-17-6-9-5-15-11(13)18-9/h1-5H,6H2,(H2,14,16). The van der Waals surface area contributed by atoms with Crippen molar-refractivity contribution in [3.05, 3.63) is 50.4 Å². The van der Waals surface area contributed by atoms with Crippen LogP contribution in [0.15, 0.2) is 35.6 Å². The maximum Gasteiger partial charge on any atom is 0.183 e. The number of oxime groups is 1. The second kappa shape index (κ2) is 6.04. The van der Waals surface area contributed by atoms with E-state index in [0.717, 1.165) is 4.88 Å². The molecule has 7 heteroatoms. The first kappa shape index (κ1) is 13.1. The van der Waals surface area contributed by atoms with Crippen LogP contribution < -0.4 is 5.73 Å². The van der Waals surface area contributed by atoms with Crippen LogP contribution in [0.5, 0.6) is 0 Å². The van der Waals surface area contributed by atoms with E-state index in [0.29, 0.717) is 15.1 Å². The van der Waals surface area contributed by atoms with Gasteiger partial charge in [-0.2, -0.15) is 0 Å². The second-order valence-electron chi connectivity index (χ2n) is 3.34. The number of rotatable bonds is 4. The number of thiazole rings is 1. The summed E-state index contributed by atoms with van der Waals surface area (Å²) in [5.74, 6) is 0.271. The molecular weight excluding hydrogens is 293 g/mol. The van der Waals surface area contributed by atoms with Crippen molar-refractivity contribution in [3.63, 3.8) is 0 Å². The SMILES string of the molecule is N/C(=N\OCc1cnc(Cl)s1)c1cccc(Cl)c1. The third kappa shape index (κ3) is 3.60. The molecular formula is C11H9Cl2N3OS. The molecule has 0 bridgehead atoms. The average Bonchev–Trinajstić information content (AvgIpc) is 2.75. The normalized spacial score (nSPS) is 11.6. The molecule has 1 aromatic carbocycles. The number of nitrogens with zero attached hydrogens (tertiary/aromatic N) is 2. The first-order chi connectivity index (χ1) is 8.65. The molecule has 0 aliphatic rings. The van der Waals surface area contributed by atoms with E-state index in [1.165, 1.54) is 11.3 Å². The largest absolute Gasteiger partial charge is 0.388 e. The summed E-state index contributed by atoms with van der Waals surface area (Å²) in [4.78, 5) is 9.89. The molecule has 0 spiro atoms. The van der Waals surface area contributed by atoms with Crippen molar-refractivity contribution < 1.29 is 4.84 Å². The summed E-state index contributed by atoms with van der Waals surface area (Å²) in [5, 5.41) is 4.41. The quantitative estimate of drug-likeness (QED) is 0.535. The Bertz CT molecular complexity index is 571. The lowest BCUT2D eigenvalue weighted by Crippen LogP contribution is -2.13. The minimum atomic E-state index is 0.271. The van der Waals surface area contributed by atoms with Gasteiger partial charge in [0.1, 0.15) is 0 Å². The van der Waals surface area contributed by atoms with Gasteiger partial charge in [0.05, 0.1) is 4.88 Å². The molecule has 18 heavy (non-hydrogen) atoms. The Morgan fingerprint density at radius 2 is 2.28 bits per heavy atom. The highest BCUT2D eigenvalue weighted by Gasteiger charge is 2.02. The molecule has 0 unspecified atom stereocenters. The van der Waals surface area contributed by atoms with Crippen LogP contribution in [0.1, 0.15) is 10.4 Å². The highest BCUT2D eigenvalue weighted by Crippen LogP contribution is 2.18. The monoisotopic (exact) mass is 301 g/mol. The molecule has 1 heterocycles. The molecule has 0 saturated heterocycles. The van der Waals surface area contributed by atoms with Crippen LogP contribution in [0.3, 0.4) is 0 Å². The lowest BCUT2D eigenvalue weighted by Gasteiger charge is -2.01. The molecule has 94 valence electrons.